The quantitative estimate of drug-likeness (QED) is 0.490. The van der Waals surface area contributed by atoms with Gasteiger partial charge in [0.2, 0.25) is 0 Å². The molecule has 6 nitrogen and oxygen atoms in total. The Hall–Kier alpha value is -2.32. The lowest BCUT2D eigenvalue weighted by atomic mass is 10.2. The second-order valence-electron chi connectivity index (χ2n) is 5.50. The van der Waals surface area contributed by atoms with Crippen LogP contribution in [0.25, 0.3) is 10.2 Å². The number of carbonyl (C=O) groups is 1. The molecule has 0 fully saturated rings. The average molecular weight is 375 g/mol. The summed E-state index contributed by atoms with van der Waals surface area (Å²) in [6.07, 6.45) is 1.87. The van der Waals surface area contributed by atoms with Crippen molar-refractivity contribution < 1.29 is 9.72 Å². The summed E-state index contributed by atoms with van der Waals surface area (Å²) >= 11 is 2.33. The molecular weight excluding hydrogens is 358 g/mol. The van der Waals surface area contributed by atoms with Crippen LogP contribution in [-0.4, -0.2) is 15.4 Å². The van der Waals surface area contributed by atoms with E-state index in [1.54, 1.807) is 0 Å². The van der Waals surface area contributed by atoms with Gasteiger partial charge in [-0.1, -0.05) is 42.6 Å². The highest BCUT2D eigenvalue weighted by atomic mass is 32.1. The number of amides is 1. The number of hydrogen-bond donors (Lipinski definition) is 0. The van der Waals surface area contributed by atoms with Crippen LogP contribution in [0.5, 0.6) is 0 Å². The molecule has 0 atom stereocenters. The predicted octanol–water partition coefficient (Wildman–Crippen LogP) is 4.39. The van der Waals surface area contributed by atoms with Crippen LogP contribution in [0, 0.1) is 10.1 Å². The van der Waals surface area contributed by atoms with E-state index in [-0.39, 0.29) is 9.88 Å². The van der Waals surface area contributed by atoms with Gasteiger partial charge in [-0.25, -0.2) is 0 Å². The molecule has 3 rings (SSSR count). The van der Waals surface area contributed by atoms with E-state index in [1.165, 1.54) is 29.0 Å². The number of thiophene rings is 1. The Bertz CT molecular complexity index is 1010. The minimum Gasteiger partial charge on any atom is -0.316 e. The normalized spacial score (nSPS) is 12.0. The van der Waals surface area contributed by atoms with Crippen molar-refractivity contribution in [2.45, 2.75) is 33.2 Å². The largest absolute Gasteiger partial charge is 0.324 e. The summed E-state index contributed by atoms with van der Waals surface area (Å²) in [6.45, 7) is 4.95. The lowest BCUT2D eigenvalue weighted by Gasteiger charge is -2.03. The van der Waals surface area contributed by atoms with Gasteiger partial charge in [0.1, 0.15) is 4.88 Å². The van der Waals surface area contributed by atoms with Gasteiger partial charge in [-0.2, -0.15) is 4.99 Å². The maximum absolute atomic E-state index is 12.4. The van der Waals surface area contributed by atoms with Crippen molar-refractivity contribution in [2.24, 2.45) is 4.99 Å². The lowest BCUT2D eigenvalue weighted by molar-refractivity contribution is -0.380. The summed E-state index contributed by atoms with van der Waals surface area (Å²) in [7, 11) is 0. The fraction of sp³-hybridized carbons (Fsp3) is 0.294. The van der Waals surface area contributed by atoms with Crippen molar-refractivity contribution in [1.29, 1.82) is 0 Å². The molecule has 0 unspecified atom stereocenters. The molecule has 0 saturated carbocycles. The van der Waals surface area contributed by atoms with E-state index >= 15 is 0 Å². The molecule has 0 bridgehead atoms. The van der Waals surface area contributed by atoms with Gasteiger partial charge in [0.05, 0.1) is 15.1 Å². The van der Waals surface area contributed by atoms with Gasteiger partial charge >= 0.3 is 5.00 Å². The molecule has 130 valence electrons. The van der Waals surface area contributed by atoms with Gasteiger partial charge in [0.15, 0.2) is 4.80 Å². The number of benzene rings is 1. The molecular formula is C17H17N3O3S2. The van der Waals surface area contributed by atoms with E-state index < -0.39 is 10.8 Å². The lowest BCUT2D eigenvalue weighted by Crippen LogP contribution is -2.16. The fourth-order valence-electron chi connectivity index (χ4n) is 2.55. The molecule has 2 aromatic heterocycles. The zero-order valence-corrected chi connectivity index (χ0v) is 15.5. The number of rotatable bonds is 5. The third-order valence-electron chi connectivity index (χ3n) is 3.78. The van der Waals surface area contributed by atoms with Crippen molar-refractivity contribution in [3.8, 4) is 0 Å². The van der Waals surface area contributed by atoms with Crippen LogP contribution in [-0.2, 0) is 13.0 Å². The van der Waals surface area contributed by atoms with Gasteiger partial charge in [-0.05, 0) is 36.6 Å². The maximum atomic E-state index is 12.4. The van der Waals surface area contributed by atoms with Crippen LogP contribution >= 0.6 is 22.7 Å². The zero-order valence-electron chi connectivity index (χ0n) is 13.9. The van der Waals surface area contributed by atoms with E-state index in [9.17, 15) is 14.9 Å². The third kappa shape index (κ3) is 3.54. The summed E-state index contributed by atoms with van der Waals surface area (Å²) in [5.74, 6) is -0.440. The summed E-state index contributed by atoms with van der Waals surface area (Å²) < 4.78 is 3.14. The Morgan fingerprint density at radius 2 is 2.04 bits per heavy atom. The Balaban J connectivity index is 2.08. The highest BCUT2D eigenvalue weighted by molar-refractivity contribution is 7.17. The van der Waals surface area contributed by atoms with Gasteiger partial charge in [-0.15, -0.1) is 0 Å². The maximum Gasteiger partial charge on any atom is 0.324 e. The first-order chi connectivity index (χ1) is 12.0. The van der Waals surface area contributed by atoms with Gasteiger partial charge in [0.25, 0.3) is 5.91 Å². The zero-order chi connectivity index (χ0) is 18.0. The van der Waals surface area contributed by atoms with Gasteiger partial charge in [0, 0.05) is 12.6 Å². The molecule has 8 heteroatoms. The van der Waals surface area contributed by atoms with Crippen molar-refractivity contribution in [3.05, 3.63) is 55.7 Å². The van der Waals surface area contributed by atoms with Crippen molar-refractivity contribution in [1.82, 2.24) is 4.57 Å². The van der Waals surface area contributed by atoms with E-state index in [1.807, 2.05) is 4.57 Å². The molecule has 1 amide bonds. The molecule has 25 heavy (non-hydrogen) atoms. The Morgan fingerprint density at radius 3 is 2.68 bits per heavy atom. The summed E-state index contributed by atoms with van der Waals surface area (Å²) in [6, 6.07) is 9.09. The van der Waals surface area contributed by atoms with Gasteiger partial charge < -0.3 is 4.57 Å². The standard InChI is InChI=1S/C17H17N3O3S2/c1-3-9-19-12-6-5-11(4-2)10-14(12)25-17(19)18-16(21)13-7-8-15(24-13)20(22)23/h5-8,10H,3-4,9H2,1-2H3. The second-order valence-corrected chi connectivity index (χ2v) is 7.58. The highest BCUT2D eigenvalue weighted by Gasteiger charge is 2.15. The van der Waals surface area contributed by atoms with E-state index in [4.69, 9.17) is 0 Å². The average Bonchev–Trinajstić information content (AvgIpc) is 3.20. The van der Waals surface area contributed by atoms with Crippen molar-refractivity contribution in [2.75, 3.05) is 0 Å². The summed E-state index contributed by atoms with van der Waals surface area (Å²) in [4.78, 5) is 27.9. The van der Waals surface area contributed by atoms with Gasteiger partial charge in [-0.3, -0.25) is 14.9 Å². The molecule has 0 aliphatic rings. The SMILES string of the molecule is CCCn1c(=NC(=O)c2ccc([N+](=O)[O-])s2)sc2cc(CC)ccc21. The Kier molecular flexibility index (Phi) is 5.10. The Labute approximate surface area is 152 Å². The number of nitrogens with zero attached hydrogens (tertiary/aromatic N) is 3. The highest BCUT2D eigenvalue weighted by Crippen LogP contribution is 2.25. The smallest absolute Gasteiger partial charge is 0.316 e. The number of thiazole rings is 1. The first-order valence-electron chi connectivity index (χ1n) is 7.99. The molecule has 3 aromatic rings. The molecule has 0 radical (unpaired) electrons. The van der Waals surface area contributed by atoms with E-state index in [2.05, 4.69) is 37.0 Å². The molecule has 0 aliphatic heterocycles. The number of aryl methyl sites for hydroxylation is 2. The number of hydrogen-bond acceptors (Lipinski definition) is 5. The van der Waals surface area contributed by atoms with E-state index in [0.29, 0.717) is 4.80 Å². The number of aromatic nitrogens is 1. The molecule has 0 N–H and O–H groups in total. The van der Waals surface area contributed by atoms with Crippen LogP contribution in [0.15, 0.2) is 35.3 Å². The van der Waals surface area contributed by atoms with Crippen LogP contribution < -0.4 is 4.80 Å². The Morgan fingerprint density at radius 1 is 1.24 bits per heavy atom. The first-order valence-corrected chi connectivity index (χ1v) is 9.62. The van der Waals surface area contributed by atoms with E-state index in [0.717, 1.165) is 40.9 Å². The molecule has 2 heterocycles. The third-order valence-corrected chi connectivity index (χ3v) is 5.85. The second kappa shape index (κ2) is 7.28. The van der Waals surface area contributed by atoms with Crippen LogP contribution in [0.2, 0.25) is 0 Å². The molecule has 0 saturated heterocycles. The van der Waals surface area contributed by atoms with Crippen molar-refractivity contribution >= 4 is 43.8 Å². The summed E-state index contributed by atoms with van der Waals surface area (Å²) in [5.41, 5.74) is 2.30. The monoisotopic (exact) mass is 375 g/mol. The minimum atomic E-state index is -0.496. The van der Waals surface area contributed by atoms with Crippen LogP contribution in [0.3, 0.4) is 0 Å². The van der Waals surface area contributed by atoms with Crippen molar-refractivity contribution in [3.63, 3.8) is 0 Å². The molecule has 0 spiro atoms. The van der Waals surface area contributed by atoms with Crippen LogP contribution in [0.1, 0.15) is 35.5 Å². The number of nitro groups is 1. The number of carbonyl (C=O) groups excluding carboxylic acids is 1. The summed E-state index contributed by atoms with van der Waals surface area (Å²) in [5, 5.41) is 10.7. The minimum absolute atomic E-state index is 0.0519. The molecule has 1 aromatic carbocycles. The number of fused-ring (bicyclic) bond motifs is 1. The fourth-order valence-corrected chi connectivity index (χ4v) is 4.37. The van der Waals surface area contributed by atoms with Crippen LogP contribution in [0.4, 0.5) is 5.00 Å². The molecule has 0 aliphatic carbocycles. The first kappa shape index (κ1) is 17.5. The predicted molar refractivity (Wildman–Crippen MR) is 100 cm³/mol. The topological polar surface area (TPSA) is 77.5 Å².